The third kappa shape index (κ3) is 24.2. The lowest BCUT2D eigenvalue weighted by molar-refractivity contribution is 0.962. The summed E-state index contributed by atoms with van der Waals surface area (Å²) < 4.78 is 0. The van der Waals surface area contributed by atoms with Crippen LogP contribution in [-0.2, 0) is 0 Å². The molecule has 9 heteroatoms. The highest BCUT2D eigenvalue weighted by Crippen LogP contribution is 2.25. The molecular formula is C7H11Cl5N2Si2. The second-order valence-corrected chi connectivity index (χ2v) is 17.2. The van der Waals surface area contributed by atoms with Crippen molar-refractivity contribution in [2.24, 2.45) is 0 Å². The molecular weight excluding hydrogens is 346 g/mol. The molecule has 0 fully saturated rings. The summed E-state index contributed by atoms with van der Waals surface area (Å²) in [6.07, 6.45) is 1.80. The molecule has 0 aliphatic carbocycles. The maximum absolute atomic E-state index is 8.06. The Hall–Kier alpha value is 0.864. The van der Waals surface area contributed by atoms with Crippen LogP contribution in [0.1, 0.15) is 19.3 Å². The molecule has 92 valence electrons. The van der Waals surface area contributed by atoms with Gasteiger partial charge in [-0.25, -0.2) is 0 Å². The van der Waals surface area contributed by atoms with Gasteiger partial charge in [0.1, 0.15) is 0 Å². The van der Waals surface area contributed by atoms with E-state index in [1.807, 2.05) is 12.1 Å². The average molecular weight is 357 g/mol. The van der Waals surface area contributed by atoms with E-state index in [0.29, 0.717) is 18.9 Å². The Morgan fingerprint density at radius 1 is 1.00 bits per heavy atom. The largest absolute Gasteiger partial charge is 0.342 e. The van der Waals surface area contributed by atoms with Crippen molar-refractivity contribution >= 4 is 68.8 Å². The molecule has 0 saturated carbocycles. The number of nitrogens with zero attached hydrogens (tertiary/aromatic N) is 2. The van der Waals surface area contributed by atoms with Gasteiger partial charge in [0.25, 0.3) is 0 Å². The van der Waals surface area contributed by atoms with Gasteiger partial charge in [-0.15, -0.1) is 33.2 Å². The van der Waals surface area contributed by atoms with Gasteiger partial charge < -0.3 is 0 Å². The molecule has 0 aliphatic rings. The van der Waals surface area contributed by atoms with Gasteiger partial charge in [0.05, 0.1) is 12.1 Å². The minimum Gasteiger partial charge on any atom is -0.198 e. The van der Waals surface area contributed by atoms with E-state index in [4.69, 9.17) is 65.9 Å². The molecule has 0 aromatic carbocycles. The normalized spacial score (nSPS) is 10.0. The third-order valence-corrected chi connectivity index (χ3v) is 5.90. The number of rotatable bonds is 5. The van der Waals surface area contributed by atoms with Gasteiger partial charge in [-0.3, -0.25) is 0 Å². The molecule has 0 unspecified atom stereocenters. The lowest BCUT2D eigenvalue weighted by atomic mass is 10.4. The first kappa shape index (κ1) is 19.2. The average Bonchev–Trinajstić information content (AvgIpc) is 2.14. The van der Waals surface area contributed by atoms with E-state index >= 15 is 0 Å². The van der Waals surface area contributed by atoms with Crippen LogP contribution in [0.25, 0.3) is 0 Å². The highest BCUT2D eigenvalue weighted by atomic mass is 35.8. The standard InChI is InChI=1S/C4H7Cl2NSi.C3H4Cl3NSi/c5-8(6)4-2-1-3-7;4-8(5,6)3-1-2-7/h8H,1-2,4H2;1,3H2. The van der Waals surface area contributed by atoms with Crippen LogP contribution < -0.4 is 0 Å². The fraction of sp³-hybridized carbons (Fsp3) is 0.714. The van der Waals surface area contributed by atoms with Gasteiger partial charge >= 0.3 is 6.00 Å². The third-order valence-electron chi connectivity index (χ3n) is 1.23. The molecule has 0 spiro atoms. The second-order valence-electron chi connectivity index (χ2n) is 2.71. The van der Waals surface area contributed by atoms with Crippen molar-refractivity contribution in [3.05, 3.63) is 0 Å². The fourth-order valence-electron chi connectivity index (χ4n) is 0.533. The molecule has 0 aliphatic heterocycles. The van der Waals surface area contributed by atoms with Crippen LogP contribution in [0.5, 0.6) is 0 Å². The maximum Gasteiger partial charge on any atom is 0.342 e. The predicted octanol–water partition coefficient (Wildman–Crippen LogP) is 4.54. The summed E-state index contributed by atoms with van der Waals surface area (Å²) >= 11 is 27.3. The monoisotopic (exact) mass is 354 g/mol. The Morgan fingerprint density at radius 3 is 1.75 bits per heavy atom. The van der Waals surface area contributed by atoms with Crippen LogP contribution in [0.15, 0.2) is 0 Å². The molecule has 0 radical (unpaired) electrons. The molecule has 0 atom stereocenters. The van der Waals surface area contributed by atoms with Crippen molar-refractivity contribution in [3.63, 3.8) is 0 Å². The molecule has 0 heterocycles. The molecule has 0 rings (SSSR count). The number of nitriles is 2. The lowest BCUT2D eigenvalue weighted by Crippen LogP contribution is -2.06. The molecule has 0 amide bonds. The van der Waals surface area contributed by atoms with Gasteiger partial charge in [0.15, 0.2) is 0 Å². The minimum absolute atomic E-state index is 0.350. The predicted molar refractivity (Wildman–Crippen MR) is 76.9 cm³/mol. The first-order valence-corrected chi connectivity index (χ1v) is 14.0. The van der Waals surface area contributed by atoms with Crippen LogP contribution in [0.2, 0.25) is 12.1 Å². The van der Waals surface area contributed by atoms with Crippen LogP contribution in [0.3, 0.4) is 0 Å². The van der Waals surface area contributed by atoms with Gasteiger partial charge in [-0.1, -0.05) is 0 Å². The minimum atomic E-state index is -2.48. The van der Waals surface area contributed by atoms with Crippen LogP contribution in [0, 0.1) is 22.7 Å². The maximum atomic E-state index is 8.06. The zero-order valence-corrected chi connectivity index (χ0v) is 14.3. The smallest absolute Gasteiger partial charge is 0.198 e. The van der Waals surface area contributed by atoms with E-state index < -0.39 is 13.4 Å². The van der Waals surface area contributed by atoms with E-state index in [0.717, 1.165) is 12.5 Å². The summed E-state index contributed by atoms with van der Waals surface area (Å²) in [4.78, 5) is 0. The first-order valence-electron chi connectivity index (χ1n) is 4.42. The summed E-state index contributed by atoms with van der Waals surface area (Å²) in [7, 11) is -1.41. The van der Waals surface area contributed by atoms with E-state index in [9.17, 15) is 0 Å². The highest BCUT2D eigenvalue weighted by Gasteiger charge is 2.23. The summed E-state index contributed by atoms with van der Waals surface area (Å²) in [5.74, 6) is 0. The van der Waals surface area contributed by atoms with Crippen molar-refractivity contribution in [2.45, 2.75) is 31.4 Å². The summed E-state index contributed by atoms with van der Waals surface area (Å²) in [5, 5.41) is 16.1. The van der Waals surface area contributed by atoms with Crippen molar-refractivity contribution < 1.29 is 0 Å². The quantitative estimate of drug-likeness (QED) is 0.412. The SMILES string of the molecule is N#CCCC[SiH](Cl)Cl.N#CCC[Si](Cl)(Cl)Cl. The Kier molecular flexibility index (Phi) is 14.8. The van der Waals surface area contributed by atoms with Crippen molar-refractivity contribution in [1.29, 1.82) is 10.5 Å². The van der Waals surface area contributed by atoms with Gasteiger partial charge in [-0.2, -0.15) is 32.7 Å². The summed E-state index contributed by atoms with van der Waals surface area (Å²) in [6, 6.07) is 2.75. The lowest BCUT2D eigenvalue weighted by Gasteiger charge is -2.00. The Bertz CT molecular complexity index is 243. The fourth-order valence-corrected chi connectivity index (χ4v) is 3.22. The van der Waals surface area contributed by atoms with Crippen molar-refractivity contribution in [2.75, 3.05) is 0 Å². The van der Waals surface area contributed by atoms with Crippen LogP contribution >= 0.6 is 55.4 Å². The number of hydrogen-bond donors (Lipinski definition) is 0. The van der Waals surface area contributed by atoms with E-state index in [2.05, 4.69) is 0 Å². The highest BCUT2D eigenvalue weighted by molar-refractivity contribution is 7.64. The van der Waals surface area contributed by atoms with Gasteiger partial charge in [-0.05, 0) is 18.5 Å². The Morgan fingerprint density at radius 2 is 1.50 bits per heavy atom. The van der Waals surface area contributed by atoms with Crippen molar-refractivity contribution in [1.82, 2.24) is 0 Å². The number of unbranched alkanes of at least 4 members (excludes halogenated alkanes) is 1. The van der Waals surface area contributed by atoms with Crippen LogP contribution in [-0.4, -0.2) is 13.4 Å². The topological polar surface area (TPSA) is 47.6 Å². The molecule has 0 saturated heterocycles. The summed E-state index contributed by atoms with van der Waals surface area (Å²) in [5.41, 5.74) is 0. The first-order chi connectivity index (χ1) is 7.33. The van der Waals surface area contributed by atoms with E-state index in [-0.39, 0.29) is 0 Å². The zero-order chi connectivity index (χ0) is 13.0. The molecule has 16 heavy (non-hydrogen) atoms. The Labute approximate surface area is 122 Å². The number of halogens is 5. The molecule has 0 aromatic heterocycles. The number of hydrogen-bond acceptors (Lipinski definition) is 2. The van der Waals surface area contributed by atoms with E-state index in [1.165, 1.54) is 0 Å². The second kappa shape index (κ2) is 12.3. The van der Waals surface area contributed by atoms with Crippen LogP contribution in [0.4, 0.5) is 0 Å². The van der Waals surface area contributed by atoms with E-state index in [1.54, 1.807) is 0 Å². The molecule has 0 bridgehead atoms. The zero-order valence-electron chi connectivity index (χ0n) is 8.40. The Balaban J connectivity index is 0. The molecule has 0 N–H and O–H groups in total. The summed E-state index contributed by atoms with van der Waals surface area (Å²) in [6.45, 7) is 0. The van der Waals surface area contributed by atoms with Gasteiger partial charge in [0, 0.05) is 12.8 Å². The molecule has 0 aromatic rings. The van der Waals surface area contributed by atoms with Crippen molar-refractivity contribution in [3.8, 4) is 12.1 Å². The molecule has 2 nitrogen and oxygen atoms in total. The van der Waals surface area contributed by atoms with Gasteiger partial charge in [0.2, 0.25) is 7.42 Å².